The number of hydrogen-bond donors (Lipinski definition) is 2. The lowest BCUT2D eigenvalue weighted by Gasteiger charge is -2.14. The molecule has 0 bridgehead atoms. The predicted molar refractivity (Wildman–Crippen MR) is 87.1 cm³/mol. The van der Waals surface area contributed by atoms with Gasteiger partial charge in [0, 0.05) is 0 Å². The van der Waals surface area contributed by atoms with E-state index >= 15 is 0 Å². The predicted octanol–water partition coefficient (Wildman–Crippen LogP) is 1.98. The molecule has 2 aromatic rings. The van der Waals surface area contributed by atoms with Crippen molar-refractivity contribution in [3.63, 3.8) is 0 Å². The van der Waals surface area contributed by atoms with Crippen LogP contribution in [0.15, 0.2) is 60.7 Å². The average molecular weight is 312 g/mol. The van der Waals surface area contributed by atoms with Crippen LogP contribution in [0.2, 0.25) is 0 Å². The molecule has 0 saturated heterocycles. The van der Waals surface area contributed by atoms with E-state index in [1.165, 1.54) is 0 Å². The maximum atomic E-state index is 11.9. The Balaban J connectivity index is 1.70. The highest BCUT2D eigenvalue weighted by Crippen LogP contribution is 2.03. The topological polar surface area (TPSA) is 67.4 Å². The van der Waals surface area contributed by atoms with Crippen LogP contribution in [-0.4, -0.2) is 17.9 Å². The number of hydrazine groups is 1. The second-order valence-corrected chi connectivity index (χ2v) is 5.14. The van der Waals surface area contributed by atoms with Crippen molar-refractivity contribution in [2.24, 2.45) is 0 Å². The lowest BCUT2D eigenvalue weighted by molar-refractivity contribution is -0.136. The van der Waals surface area contributed by atoms with Crippen molar-refractivity contribution < 1.29 is 14.3 Å². The average Bonchev–Trinajstić information content (AvgIpc) is 2.59. The Morgan fingerprint density at radius 1 is 0.913 bits per heavy atom. The third-order valence-corrected chi connectivity index (χ3v) is 3.24. The van der Waals surface area contributed by atoms with Crippen molar-refractivity contribution in [3.8, 4) is 0 Å². The van der Waals surface area contributed by atoms with Crippen molar-refractivity contribution >= 4 is 11.8 Å². The van der Waals surface area contributed by atoms with E-state index in [4.69, 9.17) is 4.74 Å². The van der Waals surface area contributed by atoms with Crippen molar-refractivity contribution in [1.82, 2.24) is 10.9 Å². The number of ether oxygens (including phenoxy) is 1. The molecule has 1 atom stereocenters. The van der Waals surface area contributed by atoms with E-state index in [0.717, 1.165) is 11.1 Å². The van der Waals surface area contributed by atoms with Crippen LogP contribution in [0.5, 0.6) is 0 Å². The molecular weight excluding hydrogens is 292 g/mol. The van der Waals surface area contributed by atoms with Gasteiger partial charge in [-0.25, -0.2) is 0 Å². The zero-order valence-electron chi connectivity index (χ0n) is 13.0. The van der Waals surface area contributed by atoms with Gasteiger partial charge in [-0.3, -0.25) is 20.4 Å². The van der Waals surface area contributed by atoms with Gasteiger partial charge in [0.1, 0.15) is 6.10 Å². The molecule has 0 spiro atoms. The number of benzene rings is 2. The summed E-state index contributed by atoms with van der Waals surface area (Å²) < 4.78 is 5.48. The molecular formula is C18H20N2O3. The van der Waals surface area contributed by atoms with E-state index in [2.05, 4.69) is 10.9 Å². The van der Waals surface area contributed by atoms with Crippen LogP contribution in [0.4, 0.5) is 0 Å². The van der Waals surface area contributed by atoms with Crippen LogP contribution in [0.1, 0.15) is 18.1 Å². The molecule has 0 fully saturated rings. The number of carbonyl (C=O) groups is 2. The summed E-state index contributed by atoms with van der Waals surface area (Å²) in [6.07, 6.45) is -0.451. The lowest BCUT2D eigenvalue weighted by Crippen LogP contribution is -2.46. The molecule has 0 aliphatic heterocycles. The number of nitrogens with one attached hydrogen (secondary N) is 2. The molecule has 0 heterocycles. The van der Waals surface area contributed by atoms with Crippen LogP contribution in [-0.2, 0) is 27.4 Å². The molecule has 0 radical (unpaired) electrons. The molecule has 0 aromatic heterocycles. The van der Waals surface area contributed by atoms with Gasteiger partial charge in [-0.15, -0.1) is 0 Å². The van der Waals surface area contributed by atoms with Crippen LogP contribution in [0.25, 0.3) is 0 Å². The van der Waals surface area contributed by atoms with Gasteiger partial charge in [-0.05, 0) is 18.1 Å². The molecule has 0 aliphatic carbocycles. The highest BCUT2D eigenvalue weighted by Gasteiger charge is 2.14. The lowest BCUT2D eigenvalue weighted by atomic mass is 10.1. The third kappa shape index (κ3) is 5.92. The summed E-state index contributed by atoms with van der Waals surface area (Å²) in [5, 5.41) is 0. The first kappa shape index (κ1) is 16.7. The first-order valence-corrected chi connectivity index (χ1v) is 7.43. The quantitative estimate of drug-likeness (QED) is 0.802. The summed E-state index contributed by atoms with van der Waals surface area (Å²) in [6, 6.07) is 18.9. The van der Waals surface area contributed by atoms with E-state index in [1.807, 2.05) is 60.7 Å². The van der Waals surface area contributed by atoms with Gasteiger partial charge in [0.05, 0.1) is 13.0 Å². The highest BCUT2D eigenvalue weighted by molar-refractivity contribution is 5.85. The zero-order chi connectivity index (χ0) is 16.5. The Labute approximate surface area is 135 Å². The molecule has 23 heavy (non-hydrogen) atoms. The first-order chi connectivity index (χ1) is 11.1. The molecule has 2 amide bonds. The summed E-state index contributed by atoms with van der Waals surface area (Å²) >= 11 is 0. The van der Waals surface area contributed by atoms with E-state index in [0.29, 0.717) is 6.61 Å². The van der Waals surface area contributed by atoms with Crippen LogP contribution >= 0.6 is 0 Å². The Morgan fingerprint density at radius 2 is 1.48 bits per heavy atom. The fraction of sp³-hybridized carbons (Fsp3) is 0.222. The zero-order valence-corrected chi connectivity index (χ0v) is 13.0. The van der Waals surface area contributed by atoms with Crippen LogP contribution < -0.4 is 10.9 Å². The summed E-state index contributed by atoms with van der Waals surface area (Å²) in [4.78, 5) is 23.6. The summed E-state index contributed by atoms with van der Waals surface area (Å²) in [6.45, 7) is 1.98. The van der Waals surface area contributed by atoms with Crippen molar-refractivity contribution in [2.45, 2.75) is 26.1 Å². The van der Waals surface area contributed by atoms with Crippen molar-refractivity contribution in [3.05, 3.63) is 71.8 Å². The third-order valence-electron chi connectivity index (χ3n) is 3.24. The smallest absolute Gasteiger partial charge is 0.267 e. The molecule has 5 nitrogen and oxygen atoms in total. The van der Waals surface area contributed by atoms with Crippen molar-refractivity contribution in [1.29, 1.82) is 0 Å². The maximum Gasteiger partial charge on any atom is 0.267 e. The van der Waals surface area contributed by atoms with Gasteiger partial charge in [-0.2, -0.15) is 0 Å². The van der Waals surface area contributed by atoms with Gasteiger partial charge >= 0.3 is 0 Å². The number of hydrogen-bond acceptors (Lipinski definition) is 3. The van der Waals surface area contributed by atoms with Gasteiger partial charge in [0.15, 0.2) is 0 Å². The maximum absolute atomic E-state index is 11.9. The second kappa shape index (κ2) is 8.70. The summed E-state index contributed by atoms with van der Waals surface area (Å²) in [7, 11) is 0. The Bertz CT molecular complexity index is 629. The monoisotopic (exact) mass is 312 g/mol. The molecule has 1 unspecified atom stereocenters. The minimum atomic E-state index is -0.660. The summed E-state index contributed by atoms with van der Waals surface area (Å²) in [5.41, 5.74) is 6.64. The molecule has 2 aromatic carbocycles. The normalized spacial score (nSPS) is 11.5. The molecule has 0 aliphatic rings. The van der Waals surface area contributed by atoms with Crippen molar-refractivity contribution in [2.75, 3.05) is 0 Å². The first-order valence-electron chi connectivity index (χ1n) is 7.43. The van der Waals surface area contributed by atoms with Crippen LogP contribution in [0, 0.1) is 0 Å². The standard InChI is InChI=1S/C18H20N2O3/c1-14(23-13-16-10-6-3-7-11-16)18(22)20-19-17(21)12-15-8-4-2-5-9-15/h2-11,14H,12-13H2,1H3,(H,19,21)(H,20,22). The summed E-state index contributed by atoms with van der Waals surface area (Å²) in [5.74, 6) is -0.665. The molecule has 5 heteroatoms. The number of amides is 2. The minimum absolute atomic E-state index is 0.209. The van der Waals surface area contributed by atoms with Gasteiger partial charge in [0.2, 0.25) is 5.91 Å². The van der Waals surface area contributed by atoms with Crippen LogP contribution in [0.3, 0.4) is 0 Å². The molecule has 2 rings (SSSR count). The molecule has 0 saturated carbocycles. The largest absolute Gasteiger partial charge is 0.364 e. The molecule has 2 N–H and O–H groups in total. The van der Waals surface area contributed by atoms with Gasteiger partial charge in [-0.1, -0.05) is 60.7 Å². The second-order valence-electron chi connectivity index (χ2n) is 5.14. The van der Waals surface area contributed by atoms with E-state index in [9.17, 15) is 9.59 Å². The number of carbonyl (C=O) groups excluding carboxylic acids is 2. The molecule has 120 valence electrons. The Morgan fingerprint density at radius 3 is 2.09 bits per heavy atom. The minimum Gasteiger partial charge on any atom is -0.364 e. The highest BCUT2D eigenvalue weighted by atomic mass is 16.5. The number of rotatable bonds is 6. The van der Waals surface area contributed by atoms with E-state index in [-0.39, 0.29) is 18.2 Å². The SMILES string of the molecule is CC(OCc1ccccc1)C(=O)NNC(=O)Cc1ccccc1. The van der Waals surface area contributed by atoms with Gasteiger partial charge < -0.3 is 4.74 Å². The Kier molecular flexibility index (Phi) is 6.32. The fourth-order valence-electron chi connectivity index (χ4n) is 1.93. The van der Waals surface area contributed by atoms with E-state index in [1.54, 1.807) is 6.92 Å². The van der Waals surface area contributed by atoms with Gasteiger partial charge in [0.25, 0.3) is 5.91 Å². The fourth-order valence-corrected chi connectivity index (χ4v) is 1.93. The Hall–Kier alpha value is -2.66. The van der Waals surface area contributed by atoms with E-state index < -0.39 is 6.10 Å².